The molecule has 0 aliphatic heterocycles. The van der Waals surface area contributed by atoms with Crippen molar-refractivity contribution in [1.29, 1.82) is 0 Å². The van der Waals surface area contributed by atoms with E-state index >= 15 is 0 Å². The van der Waals surface area contributed by atoms with Gasteiger partial charge in [0.05, 0.1) is 11.0 Å². The Morgan fingerprint density at radius 1 is 1.04 bits per heavy atom. The molecule has 0 spiro atoms. The summed E-state index contributed by atoms with van der Waals surface area (Å²) < 4.78 is 29.8. The molecule has 0 atom stereocenters. The molecule has 2 aromatic carbocycles. The third-order valence-electron chi connectivity index (χ3n) is 3.95. The van der Waals surface area contributed by atoms with Crippen LogP contribution < -0.4 is 0 Å². The first-order valence-electron chi connectivity index (χ1n) is 8.52. The number of nitrogens with zero attached hydrogens (tertiary/aromatic N) is 2. The quantitative estimate of drug-likeness (QED) is 0.615. The van der Waals surface area contributed by atoms with E-state index in [1.54, 1.807) is 44.3 Å². The molecule has 6 nitrogen and oxygen atoms in total. The molecule has 0 fully saturated rings. The molecule has 0 bridgehead atoms. The van der Waals surface area contributed by atoms with Crippen molar-refractivity contribution in [2.75, 3.05) is 6.26 Å². The maximum Gasteiger partial charge on any atom is 0.434 e. The lowest BCUT2D eigenvalue weighted by Gasteiger charge is -2.06. The van der Waals surface area contributed by atoms with Crippen LogP contribution in [0.5, 0.6) is 0 Å². The number of ether oxygens (including phenoxy) is 1. The van der Waals surface area contributed by atoms with Crippen LogP contribution in [-0.2, 0) is 14.6 Å². The molecule has 3 aromatic rings. The van der Waals surface area contributed by atoms with Gasteiger partial charge in [-0.2, -0.15) is 9.78 Å². The van der Waals surface area contributed by atoms with Crippen molar-refractivity contribution in [1.82, 2.24) is 9.78 Å². The van der Waals surface area contributed by atoms with E-state index in [4.69, 9.17) is 16.3 Å². The van der Waals surface area contributed by atoms with Gasteiger partial charge >= 0.3 is 6.09 Å². The smallest absolute Gasteiger partial charge is 0.434 e. The zero-order chi connectivity index (χ0) is 20.5. The fourth-order valence-corrected chi connectivity index (χ4v) is 3.39. The minimum absolute atomic E-state index is 0.211. The summed E-state index contributed by atoms with van der Waals surface area (Å²) in [7, 11) is -3.30. The molecule has 0 amide bonds. The van der Waals surface area contributed by atoms with Crippen molar-refractivity contribution in [3.05, 3.63) is 59.8 Å². The zero-order valence-corrected chi connectivity index (χ0v) is 17.2. The van der Waals surface area contributed by atoms with E-state index in [-0.39, 0.29) is 11.0 Å². The maximum atomic E-state index is 12.3. The van der Waals surface area contributed by atoms with E-state index in [0.717, 1.165) is 16.5 Å². The number of rotatable bonds is 4. The van der Waals surface area contributed by atoms with E-state index < -0.39 is 15.9 Å². The van der Waals surface area contributed by atoms with Crippen molar-refractivity contribution in [2.45, 2.75) is 24.8 Å². The molecule has 0 N–H and O–H groups in total. The highest BCUT2D eigenvalue weighted by Crippen LogP contribution is 2.32. The molecule has 0 aliphatic carbocycles. The lowest BCUT2D eigenvalue weighted by atomic mass is 10.0. The van der Waals surface area contributed by atoms with Crippen LogP contribution in [0.3, 0.4) is 0 Å². The molecular weight excluding hydrogens is 400 g/mol. The van der Waals surface area contributed by atoms with Crippen LogP contribution in [0.1, 0.15) is 13.8 Å². The van der Waals surface area contributed by atoms with Gasteiger partial charge in [0.2, 0.25) is 0 Å². The number of halogens is 1. The van der Waals surface area contributed by atoms with Crippen LogP contribution in [0, 0.1) is 0 Å². The van der Waals surface area contributed by atoms with Gasteiger partial charge < -0.3 is 4.74 Å². The molecule has 0 unspecified atom stereocenters. The van der Waals surface area contributed by atoms with Gasteiger partial charge in [0.1, 0.15) is 5.69 Å². The number of carbonyl (C=O) groups is 1. The van der Waals surface area contributed by atoms with E-state index in [1.165, 1.54) is 12.1 Å². The Morgan fingerprint density at radius 2 is 1.61 bits per heavy atom. The third-order valence-corrected chi connectivity index (χ3v) is 5.33. The summed E-state index contributed by atoms with van der Waals surface area (Å²) >= 11 is 5.98. The van der Waals surface area contributed by atoms with Crippen LogP contribution in [0.15, 0.2) is 59.6 Å². The molecule has 1 heterocycles. The second kappa shape index (κ2) is 7.77. The maximum absolute atomic E-state index is 12.3. The highest BCUT2D eigenvalue weighted by atomic mass is 35.5. The van der Waals surface area contributed by atoms with Gasteiger partial charge in [-0.25, -0.2) is 13.2 Å². The molecule has 0 aliphatic rings. The summed E-state index contributed by atoms with van der Waals surface area (Å²) in [6.07, 6.45) is 1.86. The first-order valence-corrected chi connectivity index (χ1v) is 10.8. The number of benzene rings is 2. The van der Waals surface area contributed by atoms with Gasteiger partial charge in [0.25, 0.3) is 0 Å². The van der Waals surface area contributed by atoms with Gasteiger partial charge in [0, 0.05) is 28.6 Å². The first kappa shape index (κ1) is 20.1. The summed E-state index contributed by atoms with van der Waals surface area (Å²) in [5, 5.41) is 4.98. The Bertz CT molecular complexity index is 1100. The average Bonchev–Trinajstić information content (AvgIpc) is 3.07. The molecule has 3 rings (SSSR count). The Kier molecular flexibility index (Phi) is 5.58. The van der Waals surface area contributed by atoms with E-state index in [1.807, 2.05) is 12.1 Å². The van der Waals surface area contributed by atoms with Crippen LogP contribution in [-0.4, -0.2) is 36.7 Å². The molecule has 8 heteroatoms. The fraction of sp³-hybridized carbons (Fsp3) is 0.200. The van der Waals surface area contributed by atoms with Crippen molar-refractivity contribution in [3.8, 4) is 22.4 Å². The monoisotopic (exact) mass is 418 g/mol. The number of hydrogen-bond acceptors (Lipinski definition) is 5. The van der Waals surface area contributed by atoms with E-state index in [0.29, 0.717) is 21.8 Å². The molecular formula is C20H19ClN2O4S. The molecule has 1 aromatic heterocycles. The third kappa shape index (κ3) is 4.43. The second-order valence-corrected chi connectivity index (χ2v) is 9.02. The van der Waals surface area contributed by atoms with Gasteiger partial charge in [-0.1, -0.05) is 35.9 Å². The molecule has 28 heavy (non-hydrogen) atoms. The Hall–Kier alpha value is -2.64. The zero-order valence-electron chi connectivity index (χ0n) is 15.6. The Balaban J connectivity index is 2.11. The van der Waals surface area contributed by atoms with E-state index in [2.05, 4.69) is 5.10 Å². The summed E-state index contributed by atoms with van der Waals surface area (Å²) in [4.78, 5) is 12.5. The lowest BCUT2D eigenvalue weighted by molar-refractivity contribution is 0.114. The molecule has 146 valence electrons. The lowest BCUT2D eigenvalue weighted by Crippen LogP contribution is -2.18. The van der Waals surface area contributed by atoms with Gasteiger partial charge in [-0.05, 0) is 43.7 Å². The molecule has 0 saturated heterocycles. The SMILES string of the molecule is CC(C)OC(=O)n1cc(-c2ccc(Cl)cc2)c(-c2ccc(S(C)(=O)=O)cc2)n1. The Labute approximate surface area is 168 Å². The summed E-state index contributed by atoms with van der Waals surface area (Å²) in [6, 6.07) is 13.5. The van der Waals surface area contributed by atoms with Crippen molar-refractivity contribution in [3.63, 3.8) is 0 Å². The van der Waals surface area contributed by atoms with E-state index in [9.17, 15) is 13.2 Å². The van der Waals surface area contributed by atoms with Crippen LogP contribution in [0.4, 0.5) is 4.79 Å². The topological polar surface area (TPSA) is 78.3 Å². The molecule has 0 saturated carbocycles. The Morgan fingerprint density at radius 3 is 2.14 bits per heavy atom. The highest BCUT2D eigenvalue weighted by Gasteiger charge is 2.18. The largest absolute Gasteiger partial charge is 0.445 e. The summed E-state index contributed by atoms with van der Waals surface area (Å²) in [5.41, 5.74) is 2.72. The predicted octanol–water partition coefficient (Wildman–Crippen LogP) is 4.67. The minimum atomic E-state index is -3.30. The number of hydrogen-bond donors (Lipinski definition) is 0. The van der Waals surface area contributed by atoms with Crippen LogP contribution in [0.2, 0.25) is 5.02 Å². The summed E-state index contributed by atoms with van der Waals surface area (Å²) in [6.45, 7) is 3.51. The van der Waals surface area contributed by atoms with Gasteiger partial charge in [0.15, 0.2) is 9.84 Å². The normalized spacial score (nSPS) is 11.6. The number of aromatic nitrogens is 2. The fourth-order valence-electron chi connectivity index (χ4n) is 2.64. The molecule has 0 radical (unpaired) electrons. The first-order chi connectivity index (χ1) is 13.1. The van der Waals surface area contributed by atoms with Crippen molar-refractivity contribution >= 4 is 27.5 Å². The van der Waals surface area contributed by atoms with Crippen LogP contribution in [0.25, 0.3) is 22.4 Å². The summed E-state index contributed by atoms with van der Waals surface area (Å²) in [5.74, 6) is 0. The van der Waals surface area contributed by atoms with Crippen LogP contribution >= 0.6 is 11.6 Å². The minimum Gasteiger partial charge on any atom is -0.445 e. The standard InChI is InChI=1S/C20H19ClN2O4S/c1-13(2)27-20(24)23-12-18(14-4-8-16(21)9-5-14)19(22-23)15-6-10-17(11-7-15)28(3,25)26/h4-13H,1-3H3. The number of carbonyl (C=O) groups excluding carboxylic acids is 1. The number of sulfone groups is 1. The van der Waals surface area contributed by atoms with Crippen molar-refractivity contribution < 1.29 is 17.9 Å². The predicted molar refractivity (Wildman–Crippen MR) is 108 cm³/mol. The average molecular weight is 419 g/mol. The highest BCUT2D eigenvalue weighted by molar-refractivity contribution is 7.90. The van der Waals surface area contributed by atoms with Crippen molar-refractivity contribution in [2.24, 2.45) is 0 Å². The second-order valence-electron chi connectivity index (χ2n) is 6.57. The van der Waals surface area contributed by atoms with Gasteiger partial charge in [-0.15, -0.1) is 0 Å². The van der Waals surface area contributed by atoms with Gasteiger partial charge in [-0.3, -0.25) is 0 Å².